The second-order valence-corrected chi connectivity index (χ2v) is 2.68. The smallest absolute Gasteiger partial charge is 0.192 e. The van der Waals surface area contributed by atoms with Gasteiger partial charge in [0.05, 0.1) is 0 Å². The van der Waals surface area contributed by atoms with Crippen molar-refractivity contribution in [3.8, 4) is 0 Å². The van der Waals surface area contributed by atoms with Crippen molar-refractivity contribution >= 4 is 19.9 Å². The highest BCUT2D eigenvalue weighted by Gasteiger charge is 1.93. The summed E-state index contributed by atoms with van der Waals surface area (Å²) in [7, 11) is 0.438. The number of nitrogens with zero attached hydrogens (tertiary/aromatic N) is 1. The molecule has 0 radical (unpaired) electrons. The van der Waals surface area contributed by atoms with Crippen molar-refractivity contribution in [1.29, 1.82) is 5.53 Å². The molecule has 0 heterocycles. The first-order valence-electron chi connectivity index (χ1n) is 0.894. The van der Waals surface area contributed by atoms with Crippen LogP contribution in [0.2, 0.25) is 0 Å². The van der Waals surface area contributed by atoms with E-state index < -0.39 is 9.24 Å². The molecule has 0 unspecified atom stereocenters. The van der Waals surface area contributed by atoms with Crippen LogP contribution in [0.3, 0.4) is 0 Å². The zero-order valence-corrected chi connectivity index (χ0v) is 4.12. The van der Waals surface area contributed by atoms with Crippen LogP contribution in [0.25, 0.3) is 0 Å². The summed E-state index contributed by atoms with van der Waals surface area (Å²) in [6.07, 6.45) is 0. The van der Waals surface area contributed by atoms with Gasteiger partial charge in [0.25, 0.3) is 0 Å². The summed E-state index contributed by atoms with van der Waals surface area (Å²) in [4.78, 5) is 0. The molecule has 0 amide bonds. The van der Waals surface area contributed by atoms with E-state index in [0.29, 0.717) is 0 Å². The molecule has 0 aromatic carbocycles. The first-order valence-corrected chi connectivity index (χ1v) is 3.16. The van der Waals surface area contributed by atoms with Crippen molar-refractivity contribution < 1.29 is 8.42 Å². The van der Waals surface area contributed by atoms with Gasteiger partial charge in [0, 0.05) is 10.7 Å². The van der Waals surface area contributed by atoms with Gasteiger partial charge in [0.1, 0.15) is 0 Å². The van der Waals surface area contributed by atoms with Gasteiger partial charge in [-0.3, -0.25) is 0 Å². The van der Waals surface area contributed by atoms with Crippen LogP contribution in [0.15, 0.2) is 4.52 Å². The first kappa shape index (κ1) is 5.84. The van der Waals surface area contributed by atoms with Crippen molar-refractivity contribution in [3.63, 3.8) is 0 Å². The van der Waals surface area contributed by atoms with E-state index in [4.69, 9.17) is 5.53 Å². The number of hydrogen-bond acceptors (Lipinski definition) is 3. The summed E-state index contributed by atoms with van der Waals surface area (Å²) in [6, 6.07) is 0. The maximum absolute atomic E-state index is 9.41. The molecule has 0 aromatic rings. The zero-order chi connectivity index (χ0) is 5.21. The lowest BCUT2D eigenvalue weighted by Crippen LogP contribution is -1.73. The first-order chi connectivity index (χ1) is 2.56. The lowest BCUT2D eigenvalue weighted by Gasteiger charge is -1.67. The van der Waals surface area contributed by atoms with Crippen molar-refractivity contribution in [1.82, 2.24) is 0 Å². The van der Waals surface area contributed by atoms with Crippen molar-refractivity contribution in [2.75, 3.05) is 0 Å². The van der Waals surface area contributed by atoms with Gasteiger partial charge in [-0.1, -0.05) is 4.52 Å². The molecule has 36 valence electrons. The van der Waals surface area contributed by atoms with Crippen LogP contribution >= 0.6 is 10.7 Å². The van der Waals surface area contributed by atoms with E-state index in [-0.39, 0.29) is 0 Å². The third-order valence-electron chi connectivity index (χ3n) is 0.109. The Kier molecular flexibility index (Phi) is 1.48. The lowest BCUT2D eigenvalue weighted by atomic mass is 13.3. The fourth-order valence-electron chi connectivity index (χ4n) is 0. The highest BCUT2D eigenvalue weighted by atomic mass is 35.7. The van der Waals surface area contributed by atoms with Crippen LogP contribution in [-0.2, 0) is 9.24 Å². The molecular formula is HClN2O2S. The van der Waals surface area contributed by atoms with E-state index in [2.05, 4.69) is 10.7 Å². The van der Waals surface area contributed by atoms with Crippen LogP contribution in [0, 0.1) is 5.53 Å². The number of rotatable bonds is 1. The standard InChI is InChI=1S/ClHN2O2S/c1-6(4,5)3-2/h2H. The fraction of sp³-hybridized carbons (Fsp3) is 0. The second kappa shape index (κ2) is 1.53. The number of nitrogens with one attached hydrogen (secondary N) is 1. The van der Waals surface area contributed by atoms with Gasteiger partial charge in [-0.05, 0) is 0 Å². The molecule has 0 spiro atoms. The Morgan fingerprint density at radius 3 is 1.83 bits per heavy atom. The molecule has 0 aliphatic carbocycles. The van der Waals surface area contributed by atoms with E-state index in [1.54, 1.807) is 0 Å². The monoisotopic (exact) mass is 128 g/mol. The molecule has 0 aliphatic rings. The predicted octanol–water partition coefficient (Wildman–Crippen LogP) is 0.501. The fourth-order valence-corrected chi connectivity index (χ4v) is 0. The largest absolute Gasteiger partial charge is 0.356 e. The Bertz CT molecular complexity index is 122. The van der Waals surface area contributed by atoms with Crippen LogP contribution in [0.1, 0.15) is 0 Å². The van der Waals surface area contributed by atoms with Gasteiger partial charge in [0.2, 0.25) is 0 Å². The van der Waals surface area contributed by atoms with Gasteiger partial charge in [-0.25, -0.2) is 0 Å². The predicted molar refractivity (Wildman–Crippen MR) is 19.9 cm³/mol. The average molecular weight is 129 g/mol. The average Bonchev–Trinajstić information content (AvgIpc) is 1.35. The summed E-state index contributed by atoms with van der Waals surface area (Å²) in [6.45, 7) is 0. The minimum Gasteiger partial charge on any atom is -0.192 e. The molecular weight excluding hydrogens is 128 g/mol. The molecule has 6 heavy (non-hydrogen) atoms. The molecule has 0 bridgehead atoms. The number of hydrogen-bond donors (Lipinski definition) is 1. The Morgan fingerprint density at radius 2 is 1.83 bits per heavy atom. The molecule has 0 aliphatic heterocycles. The molecule has 6 heteroatoms. The molecule has 1 N–H and O–H groups in total. The van der Waals surface area contributed by atoms with Gasteiger partial charge < -0.3 is 0 Å². The van der Waals surface area contributed by atoms with Crippen LogP contribution in [-0.4, -0.2) is 8.42 Å². The molecule has 0 saturated carbocycles. The van der Waals surface area contributed by atoms with Gasteiger partial charge >= 0.3 is 9.24 Å². The second-order valence-electron chi connectivity index (χ2n) is 0.503. The zero-order valence-electron chi connectivity index (χ0n) is 2.55. The van der Waals surface area contributed by atoms with Crippen molar-refractivity contribution in [2.45, 2.75) is 0 Å². The van der Waals surface area contributed by atoms with Gasteiger partial charge in [0.15, 0.2) is 0 Å². The summed E-state index contributed by atoms with van der Waals surface area (Å²) in [5.74, 6) is 0. The topological polar surface area (TPSA) is 70.3 Å². The summed E-state index contributed by atoms with van der Waals surface area (Å²) >= 11 is 0. The van der Waals surface area contributed by atoms with Crippen molar-refractivity contribution in [2.24, 2.45) is 4.52 Å². The SMILES string of the molecule is N=NS(=O)(=O)Cl. The van der Waals surface area contributed by atoms with E-state index in [1.807, 2.05) is 4.52 Å². The Balaban J connectivity index is 4.25. The van der Waals surface area contributed by atoms with Gasteiger partial charge in [-0.2, -0.15) is 13.9 Å². The third kappa shape index (κ3) is 3.84. The molecule has 0 saturated heterocycles. The van der Waals surface area contributed by atoms with E-state index in [1.165, 1.54) is 0 Å². The van der Waals surface area contributed by atoms with Crippen LogP contribution in [0.5, 0.6) is 0 Å². The van der Waals surface area contributed by atoms with Gasteiger partial charge in [-0.15, -0.1) is 0 Å². The maximum atomic E-state index is 9.41. The van der Waals surface area contributed by atoms with Crippen molar-refractivity contribution in [3.05, 3.63) is 0 Å². The minimum atomic E-state index is -3.90. The van der Waals surface area contributed by atoms with E-state index >= 15 is 0 Å². The van der Waals surface area contributed by atoms with E-state index in [9.17, 15) is 8.42 Å². The van der Waals surface area contributed by atoms with Crippen LogP contribution < -0.4 is 0 Å². The quantitative estimate of drug-likeness (QED) is 0.413. The highest BCUT2D eigenvalue weighted by molar-refractivity contribution is 8.12. The molecule has 0 rings (SSSR count). The Morgan fingerprint density at radius 1 is 1.67 bits per heavy atom. The molecule has 0 atom stereocenters. The normalized spacial score (nSPS) is 10.8. The highest BCUT2D eigenvalue weighted by Crippen LogP contribution is 1.93. The maximum Gasteiger partial charge on any atom is 0.356 e. The summed E-state index contributed by atoms with van der Waals surface area (Å²) in [5.41, 5.74) is 5.76. The molecule has 0 aromatic heterocycles. The minimum absolute atomic E-state index is 2.01. The lowest BCUT2D eigenvalue weighted by molar-refractivity contribution is 0.608. The van der Waals surface area contributed by atoms with E-state index in [0.717, 1.165) is 0 Å². The summed E-state index contributed by atoms with van der Waals surface area (Å²) in [5, 5.41) is 0. The van der Waals surface area contributed by atoms with Crippen LogP contribution in [0.4, 0.5) is 0 Å². The third-order valence-corrected chi connectivity index (χ3v) is 0.534. The number of halogens is 1. The summed E-state index contributed by atoms with van der Waals surface area (Å²) < 4.78 is 20.8. The molecule has 4 nitrogen and oxygen atoms in total. The Hall–Kier alpha value is -0.160. The molecule has 0 fully saturated rings. The Labute approximate surface area is 39.2 Å².